The molecule has 0 aliphatic heterocycles. The molecule has 0 bridgehead atoms. The van der Waals surface area contributed by atoms with Gasteiger partial charge in [-0.15, -0.1) is 5.10 Å². The second-order valence-electron chi connectivity index (χ2n) is 2.39. The highest BCUT2D eigenvalue weighted by molar-refractivity contribution is 4.98. The van der Waals surface area contributed by atoms with Crippen molar-refractivity contribution in [1.29, 1.82) is 0 Å². The van der Waals surface area contributed by atoms with Crippen molar-refractivity contribution in [2.75, 3.05) is 0 Å². The van der Waals surface area contributed by atoms with Gasteiger partial charge in [-0.1, -0.05) is 6.92 Å². The van der Waals surface area contributed by atoms with Crippen LogP contribution in [0.25, 0.3) is 0 Å². The van der Waals surface area contributed by atoms with Gasteiger partial charge in [0.1, 0.15) is 12.2 Å². The van der Waals surface area contributed by atoms with E-state index >= 15 is 0 Å². The molecule has 13 heavy (non-hydrogen) atoms. The quantitative estimate of drug-likeness (QED) is 0.668. The summed E-state index contributed by atoms with van der Waals surface area (Å²) in [6.45, 7) is 4.05. The largest absolute Gasteiger partial charge is 0.349 e. The van der Waals surface area contributed by atoms with E-state index in [2.05, 4.69) is 37.5 Å². The van der Waals surface area contributed by atoms with Crippen LogP contribution in [-0.4, -0.2) is 30.6 Å². The van der Waals surface area contributed by atoms with Gasteiger partial charge in [0.05, 0.1) is 5.69 Å². The number of nitrogens with one attached hydrogen (secondary N) is 2. The molecule has 0 saturated heterocycles. The second-order valence-corrected chi connectivity index (χ2v) is 2.39. The minimum absolute atomic E-state index is 1.00. The number of nitrogens with zero attached hydrogens (tertiary/aromatic N) is 4. The van der Waals surface area contributed by atoms with Crippen LogP contribution in [0.2, 0.25) is 0 Å². The maximum absolute atomic E-state index is 4.17. The molecule has 2 N–H and O–H groups in total. The first-order valence-electron chi connectivity index (χ1n) is 4.01. The summed E-state index contributed by atoms with van der Waals surface area (Å²) in [7, 11) is 0. The Morgan fingerprint density at radius 3 is 2.54 bits per heavy atom. The van der Waals surface area contributed by atoms with Crippen LogP contribution in [0, 0.1) is 6.92 Å². The van der Waals surface area contributed by atoms with E-state index in [1.54, 1.807) is 0 Å². The van der Waals surface area contributed by atoms with E-state index in [-0.39, 0.29) is 0 Å². The Morgan fingerprint density at radius 1 is 1.46 bits per heavy atom. The maximum atomic E-state index is 4.17. The van der Waals surface area contributed by atoms with Crippen LogP contribution in [-0.2, 0) is 6.42 Å². The Balaban J connectivity index is 0.000000145. The van der Waals surface area contributed by atoms with Gasteiger partial charge in [-0.05, 0) is 23.8 Å². The number of rotatable bonds is 1. The minimum atomic E-state index is 1.00. The van der Waals surface area contributed by atoms with Crippen molar-refractivity contribution < 1.29 is 0 Å². The molecule has 0 aliphatic rings. The summed E-state index contributed by atoms with van der Waals surface area (Å²) in [6, 6.07) is 0. The summed E-state index contributed by atoms with van der Waals surface area (Å²) < 4.78 is 0. The van der Waals surface area contributed by atoms with Crippen LogP contribution in [0.1, 0.15) is 18.4 Å². The molecule has 6 nitrogen and oxygen atoms in total. The van der Waals surface area contributed by atoms with Crippen LogP contribution in [0.4, 0.5) is 0 Å². The molecule has 0 spiro atoms. The van der Waals surface area contributed by atoms with Gasteiger partial charge in [-0.2, -0.15) is 0 Å². The lowest BCUT2D eigenvalue weighted by Crippen LogP contribution is -1.76. The number of aromatic nitrogens is 6. The van der Waals surface area contributed by atoms with Crippen LogP contribution in [0.5, 0.6) is 0 Å². The van der Waals surface area contributed by atoms with E-state index in [4.69, 9.17) is 0 Å². The van der Waals surface area contributed by atoms with Crippen molar-refractivity contribution in [3.63, 3.8) is 0 Å². The van der Waals surface area contributed by atoms with Gasteiger partial charge in [-0.3, -0.25) is 0 Å². The number of aryl methyl sites for hydroxylation is 2. The molecule has 0 aromatic carbocycles. The Labute approximate surface area is 75.8 Å². The summed E-state index contributed by atoms with van der Waals surface area (Å²) in [5.74, 6) is 1.00. The first kappa shape index (κ1) is 9.37. The van der Waals surface area contributed by atoms with Crippen molar-refractivity contribution >= 4 is 0 Å². The van der Waals surface area contributed by atoms with Crippen molar-refractivity contribution in [3.8, 4) is 0 Å². The highest BCUT2D eigenvalue weighted by atomic mass is 15.5. The molecule has 0 unspecified atom stereocenters. The minimum Gasteiger partial charge on any atom is -0.349 e. The van der Waals surface area contributed by atoms with Gasteiger partial charge in [0.15, 0.2) is 0 Å². The lowest BCUT2D eigenvalue weighted by atomic mass is 10.4. The average Bonchev–Trinajstić information content (AvgIpc) is 2.76. The number of H-pyrrole nitrogens is 2. The predicted molar refractivity (Wildman–Crippen MR) is 46.9 cm³/mol. The Kier molecular flexibility index (Phi) is 3.62. The molecule has 0 atom stereocenters. The molecule has 0 saturated carbocycles. The van der Waals surface area contributed by atoms with Gasteiger partial charge < -0.3 is 4.98 Å². The molecule has 6 heteroatoms. The van der Waals surface area contributed by atoms with E-state index in [0.717, 1.165) is 17.9 Å². The van der Waals surface area contributed by atoms with E-state index < -0.39 is 0 Å². The number of hydrogen-bond donors (Lipinski definition) is 2. The first-order valence-corrected chi connectivity index (χ1v) is 4.01. The lowest BCUT2D eigenvalue weighted by Gasteiger charge is -1.79. The molecular formula is C7H12N6. The zero-order valence-electron chi connectivity index (χ0n) is 7.65. The zero-order chi connectivity index (χ0) is 9.52. The SMILES string of the molecule is CCc1c[nH]c(C)n1.c1nnn[nH]1. The number of hydrogen-bond acceptors (Lipinski definition) is 4. The highest BCUT2D eigenvalue weighted by Crippen LogP contribution is 1.94. The highest BCUT2D eigenvalue weighted by Gasteiger charge is 1.89. The fourth-order valence-corrected chi connectivity index (χ4v) is 0.778. The maximum Gasteiger partial charge on any atom is 0.135 e. The molecular weight excluding hydrogens is 168 g/mol. The van der Waals surface area contributed by atoms with Crippen LogP contribution in [0.3, 0.4) is 0 Å². The normalized spacial score (nSPS) is 9.08. The van der Waals surface area contributed by atoms with E-state index in [1.165, 1.54) is 6.33 Å². The topological polar surface area (TPSA) is 83.1 Å². The van der Waals surface area contributed by atoms with Gasteiger partial charge in [-0.25, -0.2) is 10.1 Å². The average molecular weight is 180 g/mol. The summed E-state index contributed by atoms with van der Waals surface area (Å²) in [5, 5.41) is 12.1. The molecule has 2 aromatic rings. The Morgan fingerprint density at radius 2 is 2.31 bits per heavy atom. The van der Waals surface area contributed by atoms with Gasteiger partial charge in [0.2, 0.25) is 0 Å². The predicted octanol–water partition coefficient (Wildman–Crippen LogP) is 0.480. The third kappa shape index (κ3) is 3.46. The summed E-state index contributed by atoms with van der Waals surface area (Å²) in [5.41, 5.74) is 1.14. The van der Waals surface area contributed by atoms with E-state index in [0.29, 0.717) is 0 Å². The fraction of sp³-hybridized carbons (Fsp3) is 0.429. The smallest absolute Gasteiger partial charge is 0.135 e. The van der Waals surface area contributed by atoms with Crippen LogP contribution in [0.15, 0.2) is 12.5 Å². The molecule has 0 aliphatic carbocycles. The van der Waals surface area contributed by atoms with E-state index in [1.807, 2.05) is 13.1 Å². The zero-order valence-corrected chi connectivity index (χ0v) is 7.65. The van der Waals surface area contributed by atoms with Crippen molar-refractivity contribution in [1.82, 2.24) is 30.6 Å². The van der Waals surface area contributed by atoms with Gasteiger partial charge in [0, 0.05) is 6.20 Å². The lowest BCUT2D eigenvalue weighted by molar-refractivity contribution is 0.881. The second kappa shape index (κ2) is 5.02. The molecule has 2 rings (SSSR count). The third-order valence-electron chi connectivity index (χ3n) is 1.39. The van der Waals surface area contributed by atoms with Crippen LogP contribution >= 0.6 is 0 Å². The van der Waals surface area contributed by atoms with Crippen molar-refractivity contribution in [2.24, 2.45) is 0 Å². The molecule has 2 heterocycles. The molecule has 0 radical (unpaired) electrons. The van der Waals surface area contributed by atoms with Crippen molar-refractivity contribution in [3.05, 3.63) is 24.0 Å². The Bertz CT molecular complexity index is 294. The summed E-state index contributed by atoms with van der Waals surface area (Å²) >= 11 is 0. The van der Waals surface area contributed by atoms with Gasteiger partial charge in [0.25, 0.3) is 0 Å². The number of tetrazole rings is 1. The molecule has 0 amide bonds. The van der Waals surface area contributed by atoms with Crippen LogP contribution < -0.4 is 0 Å². The molecule has 70 valence electrons. The standard InChI is InChI=1S/C6H10N2.CH2N4/c1-3-6-4-7-5(2)8-6;1-2-4-5-3-1/h4H,3H2,1-2H3,(H,7,8);1H,(H,2,3,4,5). The first-order chi connectivity index (χ1) is 6.33. The fourth-order valence-electron chi connectivity index (χ4n) is 0.778. The number of imidazole rings is 1. The van der Waals surface area contributed by atoms with E-state index in [9.17, 15) is 0 Å². The summed E-state index contributed by atoms with van der Waals surface area (Å²) in [4.78, 5) is 7.18. The summed E-state index contributed by atoms with van der Waals surface area (Å²) in [6.07, 6.45) is 4.36. The third-order valence-corrected chi connectivity index (χ3v) is 1.39. The molecule has 2 aromatic heterocycles. The van der Waals surface area contributed by atoms with Crippen molar-refractivity contribution in [2.45, 2.75) is 20.3 Å². The monoisotopic (exact) mass is 180 g/mol. The van der Waals surface area contributed by atoms with Gasteiger partial charge >= 0.3 is 0 Å². The number of aromatic amines is 2. The molecule has 0 fully saturated rings. The Hall–Kier alpha value is -1.72.